The SMILES string of the molecule is NCCC(F)c1ccn[nH]1. The maximum Gasteiger partial charge on any atom is 0.143 e. The maximum atomic E-state index is 12.8. The molecule has 0 aliphatic carbocycles. The minimum atomic E-state index is -0.993. The van der Waals surface area contributed by atoms with Gasteiger partial charge in [0.1, 0.15) is 6.17 Å². The van der Waals surface area contributed by atoms with Crippen LogP contribution in [-0.2, 0) is 0 Å². The van der Waals surface area contributed by atoms with Gasteiger partial charge in [-0.15, -0.1) is 0 Å². The zero-order valence-corrected chi connectivity index (χ0v) is 5.55. The number of aromatic nitrogens is 2. The van der Waals surface area contributed by atoms with Crippen molar-refractivity contribution in [2.45, 2.75) is 12.6 Å². The lowest BCUT2D eigenvalue weighted by Gasteiger charge is -2.00. The summed E-state index contributed by atoms with van der Waals surface area (Å²) in [5, 5.41) is 6.16. The molecule has 4 heteroatoms. The lowest BCUT2D eigenvalue weighted by molar-refractivity contribution is 0.320. The van der Waals surface area contributed by atoms with Crippen LogP contribution in [0, 0.1) is 0 Å². The summed E-state index contributed by atoms with van der Waals surface area (Å²) in [4.78, 5) is 0. The Morgan fingerprint density at radius 2 is 2.60 bits per heavy atom. The Bertz CT molecular complexity index is 173. The summed E-state index contributed by atoms with van der Waals surface area (Å²) in [7, 11) is 0. The molecule has 1 heterocycles. The fourth-order valence-corrected chi connectivity index (χ4v) is 0.743. The molecule has 1 atom stereocenters. The number of halogens is 1. The average Bonchev–Trinajstić information content (AvgIpc) is 2.38. The Hall–Kier alpha value is -0.900. The molecule has 0 saturated carbocycles. The third-order valence-corrected chi connectivity index (χ3v) is 1.28. The van der Waals surface area contributed by atoms with Gasteiger partial charge in [0.25, 0.3) is 0 Å². The molecule has 1 rings (SSSR count). The van der Waals surface area contributed by atoms with E-state index in [1.807, 2.05) is 0 Å². The van der Waals surface area contributed by atoms with Crippen molar-refractivity contribution in [3.63, 3.8) is 0 Å². The molecule has 0 aromatic carbocycles. The van der Waals surface area contributed by atoms with Gasteiger partial charge in [0.15, 0.2) is 0 Å². The summed E-state index contributed by atoms with van der Waals surface area (Å²) in [6, 6.07) is 1.61. The molecule has 0 saturated heterocycles. The molecule has 3 N–H and O–H groups in total. The van der Waals surface area contributed by atoms with Crippen molar-refractivity contribution in [1.82, 2.24) is 10.2 Å². The van der Waals surface area contributed by atoms with E-state index in [0.717, 1.165) is 0 Å². The zero-order valence-electron chi connectivity index (χ0n) is 5.55. The predicted molar refractivity (Wildman–Crippen MR) is 36.1 cm³/mol. The number of nitrogens with one attached hydrogen (secondary N) is 1. The van der Waals surface area contributed by atoms with Crippen molar-refractivity contribution in [2.24, 2.45) is 5.73 Å². The van der Waals surface area contributed by atoms with Crippen LogP contribution in [-0.4, -0.2) is 16.7 Å². The van der Waals surface area contributed by atoms with Crippen molar-refractivity contribution in [1.29, 1.82) is 0 Å². The van der Waals surface area contributed by atoms with Gasteiger partial charge in [0.05, 0.1) is 5.69 Å². The van der Waals surface area contributed by atoms with Gasteiger partial charge in [0.2, 0.25) is 0 Å². The minimum Gasteiger partial charge on any atom is -0.330 e. The third kappa shape index (κ3) is 1.54. The molecule has 0 bridgehead atoms. The van der Waals surface area contributed by atoms with Crippen LogP contribution in [0.4, 0.5) is 4.39 Å². The maximum absolute atomic E-state index is 12.8. The number of H-pyrrole nitrogens is 1. The van der Waals surface area contributed by atoms with Gasteiger partial charge in [-0.2, -0.15) is 5.10 Å². The molecule has 1 aromatic rings. The van der Waals surface area contributed by atoms with Crippen molar-refractivity contribution in [3.8, 4) is 0 Å². The third-order valence-electron chi connectivity index (χ3n) is 1.28. The monoisotopic (exact) mass is 143 g/mol. The van der Waals surface area contributed by atoms with Gasteiger partial charge < -0.3 is 5.73 Å². The molecule has 0 fully saturated rings. The number of nitrogens with two attached hydrogens (primary N) is 1. The zero-order chi connectivity index (χ0) is 7.40. The van der Waals surface area contributed by atoms with Crippen LogP contribution in [0.5, 0.6) is 0 Å². The molecule has 3 nitrogen and oxygen atoms in total. The van der Waals surface area contributed by atoms with Crippen molar-refractivity contribution < 1.29 is 4.39 Å². The van der Waals surface area contributed by atoms with Crippen LogP contribution in [0.1, 0.15) is 18.3 Å². The van der Waals surface area contributed by atoms with Gasteiger partial charge in [-0.05, 0) is 19.0 Å². The van der Waals surface area contributed by atoms with Crippen LogP contribution in [0.25, 0.3) is 0 Å². The number of nitrogens with zero attached hydrogens (tertiary/aromatic N) is 1. The number of aromatic amines is 1. The summed E-state index contributed by atoms with van der Waals surface area (Å²) in [5.74, 6) is 0. The first kappa shape index (κ1) is 7.21. The summed E-state index contributed by atoms with van der Waals surface area (Å²) in [6.45, 7) is 0.361. The van der Waals surface area contributed by atoms with Crippen molar-refractivity contribution in [3.05, 3.63) is 18.0 Å². The van der Waals surface area contributed by atoms with Crippen LogP contribution >= 0.6 is 0 Å². The highest BCUT2D eigenvalue weighted by Gasteiger charge is 2.08. The van der Waals surface area contributed by atoms with E-state index in [-0.39, 0.29) is 0 Å². The summed E-state index contributed by atoms with van der Waals surface area (Å²) < 4.78 is 12.8. The number of hydrogen-bond donors (Lipinski definition) is 2. The van der Waals surface area contributed by atoms with Gasteiger partial charge in [-0.3, -0.25) is 5.10 Å². The van der Waals surface area contributed by atoms with E-state index in [0.29, 0.717) is 18.7 Å². The van der Waals surface area contributed by atoms with Crippen molar-refractivity contribution in [2.75, 3.05) is 6.54 Å². The second-order valence-electron chi connectivity index (χ2n) is 2.06. The summed E-state index contributed by atoms with van der Waals surface area (Å²) in [5.41, 5.74) is 5.67. The number of hydrogen-bond acceptors (Lipinski definition) is 2. The Balaban J connectivity index is 2.50. The van der Waals surface area contributed by atoms with Crippen LogP contribution in [0.2, 0.25) is 0 Å². The first-order valence-electron chi connectivity index (χ1n) is 3.18. The standard InChI is InChI=1S/C6H10FN3/c7-5(1-3-8)6-2-4-9-10-6/h2,4-5H,1,3,8H2,(H,9,10). The topological polar surface area (TPSA) is 54.7 Å². The van der Waals surface area contributed by atoms with E-state index in [9.17, 15) is 4.39 Å². The highest BCUT2D eigenvalue weighted by molar-refractivity contribution is 5.01. The van der Waals surface area contributed by atoms with E-state index in [1.165, 1.54) is 6.20 Å². The number of rotatable bonds is 3. The molecule has 0 aliphatic heterocycles. The van der Waals surface area contributed by atoms with Crippen LogP contribution in [0.15, 0.2) is 12.3 Å². The van der Waals surface area contributed by atoms with Gasteiger partial charge >= 0.3 is 0 Å². The highest BCUT2D eigenvalue weighted by atomic mass is 19.1. The molecule has 0 aliphatic rings. The fraction of sp³-hybridized carbons (Fsp3) is 0.500. The van der Waals surface area contributed by atoms with E-state index < -0.39 is 6.17 Å². The highest BCUT2D eigenvalue weighted by Crippen LogP contribution is 2.16. The Morgan fingerprint density at radius 1 is 1.80 bits per heavy atom. The summed E-state index contributed by atoms with van der Waals surface area (Å²) in [6.07, 6.45) is 0.883. The minimum absolute atomic E-state index is 0.349. The first-order chi connectivity index (χ1) is 4.84. The smallest absolute Gasteiger partial charge is 0.143 e. The molecule has 0 amide bonds. The Morgan fingerprint density at radius 3 is 3.10 bits per heavy atom. The number of alkyl halides is 1. The van der Waals surface area contributed by atoms with Gasteiger partial charge in [-0.1, -0.05) is 0 Å². The Labute approximate surface area is 58.4 Å². The quantitative estimate of drug-likeness (QED) is 0.656. The molecule has 56 valence electrons. The average molecular weight is 143 g/mol. The normalized spacial score (nSPS) is 13.4. The lowest BCUT2D eigenvalue weighted by Crippen LogP contribution is -2.03. The largest absolute Gasteiger partial charge is 0.330 e. The fourth-order valence-electron chi connectivity index (χ4n) is 0.743. The summed E-state index contributed by atoms with van der Waals surface area (Å²) >= 11 is 0. The van der Waals surface area contributed by atoms with E-state index in [4.69, 9.17) is 5.73 Å². The molecule has 0 spiro atoms. The molecule has 0 radical (unpaired) electrons. The second-order valence-corrected chi connectivity index (χ2v) is 2.06. The van der Waals surface area contributed by atoms with E-state index in [2.05, 4.69) is 10.2 Å². The van der Waals surface area contributed by atoms with Crippen LogP contribution < -0.4 is 5.73 Å². The van der Waals surface area contributed by atoms with E-state index >= 15 is 0 Å². The predicted octanol–water partition coefficient (Wildman–Crippen LogP) is 0.769. The van der Waals surface area contributed by atoms with Crippen LogP contribution in [0.3, 0.4) is 0 Å². The van der Waals surface area contributed by atoms with E-state index in [1.54, 1.807) is 6.07 Å². The Kier molecular flexibility index (Phi) is 2.39. The van der Waals surface area contributed by atoms with Crippen molar-refractivity contribution >= 4 is 0 Å². The molecule has 1 unspecified atom stereocenters. The molecular formula is C6H10FN3. The second kappa shape index (κ2) is 3.31. The molecule has 1 aromatic heterocycles. The lowest BCUT2D eigenvalue weighted by atomic mass is 10.2. The molecule has 10 heavy (non-hydrogen) atoms. The molecular weight excluding hydrogens is 133 g/mol. The first-order valence-corrected chi connectivity index (χ1v) is 3.18. The van der Waals surface area contributed by atoms with Gasteiger partial charge in [-0.25, -0.2) is 4.39 Å². The van der Waals surface area contributed by atoms with Gasteiger partial charge in [0, 0.05) is 6.20 Å².